The van der Waals surface area contributed by atoms with E-state index in [4.69, 9.17) is 17.4 Å². The van der Waals surface area contributed by atoms with E-state index in [9.17, 15) is 4.79 Å². The second-order valence-electron chi connectivity index (χ2n) is 4.26. The summed E-state index contributed by atoms with van der Waals surface area (Å²) in [5.74, 6) is 5.55. The Balaban J connectivity index is 2.04. The van der Waals surface area contributed by atoms with Crippen LogP contribution in [0.2, 0.25) is 5.15 Å². The first-order valence-corrected chi connectivity index (χ1v) is 7.28. The minimum absolute atomic E-state index is 0.109. The van der Waals surface area contributed by atoms with Gasteiger partial charge in [0, 0.05) is 24.0 Å². The molecule has 2 aromatic rings. The fourth-order valence-corrected chi connectivity index (χ4v) is 2.66. The van der Waals surface area contributed by atoms with E-state index in [0.717, 1.165) is 6.42 Å². The van der Waals surface area contributed by atoms with Crippen molar-refractivity contribution in [1.82, 2.24) is 9.88 Å². The number of pyridine rings is 1. The summed E-state index contributed by atoms with van der Waals surface area (Å²) >= 11 is 7.55. The number of carbonyl (C=O) groups is 1. The van der Waals surface area contributed by atoms with Crippen LogP contribution in [-0.2, 0) is 6.42 Å². The Bertz CT molecular complexity index is 588. The van der Waals surface area contributed by atoms with Crippen molar-refractivity contribution in [3.63, 3.8) is 0 Å². The second kappa shape index (κ2) is 6.69. The number of thiophene rings is 1. The Kier molecular flexibility index (Phi) is 4.94. The average molecular weight is 311 g/mol. The molecule has 0 spiro atoms. The van der Waals surface area contributed by atoms with Gasteiger partial charge in [0.05, 0.1) is 0 Å². The molecule has 0 radical (unpaired) electrons. The predicted molar refractivity (Wildman–Crippen MR) is 82.0 cm³/mol. The summed E-state index contributed by atoms with van der Waals surface area (Å²) in [6.07, 6.45) is 0.834. The van der Waals surface area contributed by atoms with Gasteiger partial charge >= 0.3 is 0 Å². The number of nitrogens with one attached hydrogen (secondary N) is 1. The van der Waals surface area contributed by atoms with E-state index in [2.05, 4.69) is 16.5 Å². The molecule has 0 saturated heterocycles. The Morgan fingerprint density at radius 2 is 2.35 bits per heavy atom. The standard InChI is InChI=1S/C13H15ClN4OS/c1-18(5-4-10-3-2-6-20-10)13(19)9-7-11(14)16-12(8-9)17-15/h2-3,6-8H,4-5,15H2,1H3,(H,16,17). The average Bonchev–Trinajstić information content (AvgIpc) is 2.96. The largest absolute Gasteiger partial charge is 0.341 e. The van der Waals surface area contributed by atoms with Crippen LogP contribution in [0.1, 0.15) is 15.2 Å². The minimum Gasteiger partial charge on any atom is -0.341 e. The van der Waals surface area contributed by atoms with Gasteiger partial charge in [-0.2, -0.15) is 0 Å². The van der Waals surface area contributed by atoms with Gasteiger partial charge in [0.15, 0.2) is 0 Å². The monoisotopic (exact) mass is 310 g/mol. The van der Waals surface area contributed by atoms with Crippen molar-refractivity contribution >= 4 is 34.7 Å². The first-order valence-electron chi connectivity index (χ1n) is 6.02. The van der Waals surface area contributed by atoms with Crippen LogP contribution >= 0.6 is 22.9 Å². The van der Waals surface area contributed by atoms with Crippen LogP contribution < -0.4 is 11.3 Å². The molecular weight excluding hydrogens is 296 g/mol. The summed E-state index contributed by atoms with van der Waals surface area (Å²) in [4.78, 5) is 19.1. The van der Waals surface area contributed by atoms with Crippen LogP contribution in [0.15, 0.2) is 29.6 Å². The van der Waals surface area contributed by atoms with Gasteiger partial charge in [0.25, 0.3) is 5.91 Å². The van der Waals surface area contributed by atoms with E-state index in [1.807, 2.05) is 11.4 Å². The third-order valence-electron chi connectivity index (χ3n) is 2.81. The van der Waals surface area contributed by atoms with Crippen molar-refractivity contribution in [3.05, 3.63) is 45.2 Å². The van der Waals surface area contributed by atoms with E-state index in [1.54, 1.807) is 29.4 Å². The molecule has 0 atom stereocenters. The molecule has 0 saturated carbocycles. The summed E-state index contributed by atoms with van der Waals surface area (Å²) in [7, 11) is 1.76. The van der Waals surface area contributed by atoms with E-state index in [-0.39, 0.29) is 11.1 Å². The van der Waals surface area contributed by atoms with Gasteiger partial charge in [-0.25, -0.2) is 10.8 Å². The van der Waals surface area contributed by atoms with Crippen molar-refractivity contribution in [1.29, 1.82) is 0 Å². The quantitative estimate of drug-likeness (QED) is 0.505. The first-order chi connectivity index (χ1) is 9.60. The zero-order chi connectivity index (χ0) is 14.5. The fraction of sp³-hybridized carbons (Fsp3) is 0.231. The van der Waals surface area contributed by atoms with Crippen molar-refractivity contribution in [2.45, 2.75) is 6.42 Å². The lowest BCUT2D eigenvalue weighted by atomic mass is 10.2. The molecule has 0 unspecified atom stereocenters. The highest BCUT2D eigenvalue weighted by Gasteiger charge is 2.14. The summed E-state index contributed by atoms with van der Waals surface area (Å²) in [5, 5.41) is 2.26. The molecule has 2 rings (SSSR count). The summed E-state index contributed by atoms with van der Waals surface area (Å²) in [5.41, 5.74) is 2.86. The Morgan fingerprint density at radius 1 is 1.55 bits per heavy atom. The van der Waals surface area contributed by atoms with Gasteiger partial charge in [-0.15, -0.1) is 11.3 Å². The van der Waals surface area contributed by atoms with E-state index < -0.39 is 0 Å². The molecule has 106 valence electrons. The number of rotatable bonds is 5. The molecule has 0 aliphatic carbocycles. The smallest absolute Gasteiger partial charge is 0.253 e. The number of halogens is 1. The molecule has 20 heavy (non-hydrogen) atoms. The Hall–Kier alpha value is -1.63. The number of hydrazine groups is 1. The van der Waals surface area contributed by atoms with Crippen LogP contribution in [0.5, 0.6) is 0 Å². The van der Waals surface area contributed by atoms with Crippen LogP contribution in [0.4, 0.5) is 5.82 Å². The van der Waals surface area contributed by atoms with Crippen LogP contribution in [0.25, 0.3) is 0 Å². The molecule has 3 N–H and O–H groups in total. The fourth-order valence-electron chi connectivity index (χ4n) is 1.75. The summed E-state index contributed by atoms with van der Waals surface area (Å²) in [6, 6.07) is 7.18. The number of hydrogen-bond acceptors (Lipinski definition) is 5. The van der Waals surface area contributed by atoms with Crippen LogP contribution in [0.3, 0.4) is 0 Å². The lowest BCUT2D eigenvalue weighted by molar-refractivity contribution is 0.0797. The molecule has 0 aromatic carbocycles. The SMILES string of the molecule is CN(CCc1cccs1)C(=O)c1cc(Cl)nc(NN)c1. The van der Waals surface area contributed by atoms with Crippen LogP contribution in [-0.4, -0.2) is 29.4 Å². The number of nitrogen functional groups attached to an aromatic ring is 1. The zero-order valence-corrected chi connectivity index (χ0v) is 12.5. The molecule has 2 aromatic heterocycles. The maximum atomic E-state index is 12.3. The Morgan fingerprint density at radius 3 is 3.00 bits per heavy atom. The third kappa shape index (κ3) is 3.69. The first kappa shape index (κ1) is 14.8. The van der Waals surface area contributed by atoms with E-state index >= 15 is 0 Å². The molecule has 5 nitrogen and oxygen atoms in total. The second-order valence-corrected chi connectivity index (χ2v) is 5.68. The third-order valence-corrected chi connectivity index (χ3v) is 3.94. The van der Waals surface area contributed by atoms with E-state index in [0.29, 0.717) is 17.9 Å². The van der Waals surface area contributed by atoms with Crippen molar-refractivity contribution < 1.29 is 4.79 Å². The van der Waals surface area contributed by atoms with E-state index in [1.165, 1.54) is 10.9 Å². The molecular formula is C13H15ClN4OS. The maximum Gasteiger partial charge on any atom is 0.253 e. The number of hydrogen-bond donors (Lipinski definition) is 2. The minimum atomic E-state index is -0.109. The highest BCUT2D eigenvalue weighted by molar-refractivity contribution is 7.09. The number of amides is 1. The Labute approximate surface area is 126 Å². The number of likely N-dealkylation sites (N-methyl/N-ethyl adjacent to an activating group) is 1. The number of nitrogens with two attached hydrogens (primary N) is 1. The van der Waals surface area contributed by atoms with Gasteiger partial charge in [0.2, 0.25) is 0 Å². The topological polar surface area (TPSA) is 71.2 Å². The number of nitrogens with zero attached hydrogens (tertiary/aromatic N) is 2. The molecule has 0 aliphatic heterocycles. The number of carbonyl (C=O) groups excluding carboxylic acids is 1. The summed E-state index contributed by atoms with van der Waals surface area (Å²) in [6.45, 7) is 0.644. The molecule has 0 aliphatic rings. The van der Waals surface area contributed by atoms with Gasteiger partial charge in [0.1, 0.15) is 11.0 Å². The molecule has 0 fully saturated rings. The van der Waals surface area contributed by atoms with Gasteiger partial charge in [-0.1, -0.05) is 17.7 Å². The van der Waals surface area contributed by atoms with Crippen molar-refractivity contribution in [3.8, 4) is 0 Å². The highest BCUT2D eigenvalue weighted by atomic mass is 35.5. The van der Waals surface area contributed by atoms with Crippen molar-refractivity contribution in [2.75, 3.05) is 19.0 Å². The molecule has 7 heteroatoms. The zero-order valence-electron chi connectivity index (χ0n) is 11.0. The molecule has 0 bridgehead atoms. The number of aromatic nitrogens is 1. The summed E-state index contributed by atoms with van der Waals surface area (Å²) < 4.78 is 0. The van der Waals surface area contributed by atoms with Gasteiger partial charge in [-0.3, -0.25) is 4.79 Å². The predicted octanol–water partition coefficient (Wildman–Crippen LogP) is 2.40. The normalized spacial score (nSPS) is 10.3. The highest BCUT2D eigenvalue weighted by Crippen LogP contribution is 2.16. The van der Waals surface area contributed by atoms with Crippen LogP contribution in [0, 0.1) is 0 Å². The lowest BCUT2D eigenvalue weighted by Gasteiger charge is -2.17. The maximum absolute atomic E-state index is 12.3. The number of anilines is 1. The lowest BCUT2D eigenvalue weighted by Crippen LogP contribution is -2.29. The molecule has 1 amide bonds. The van der Waals surface area contributed by atoms with Crippen molar-refractivity contribution in [2.24, 2.45) is 5.84 Å². The molecule has 2 heterocycles. The van der Waals surface area contributed by atoms with Gasteiger partial charge in [-0.05, 0) is 30.0 Å². The van der Waals surface area contributed by atoms with Gasteiger partial charge < -0.3 is 10.3 Å².